The van der Waals surface area contributed by atoms with Crippen molar-refractivity contribution in [1.82, 2.24) is 0 Å². The van der Waals surface area contributed by atoms with E-state index in [0.29, 0.717) is 19.0 Å². The number of benzene rings is 2. The van der Waals surface area contributed by atoms with Crippen molar-refractivity contribution in [3.63, 3.8) is 0 Å². The van der Waals surface area contributed by atoms with Crippen molar-refractivity contribution in [2.45, 2.75) is 13.5 Å². The fraction of sp³-hybridized carbons (Fsp3) is 0.235. The highest BCUT2D eigenvalue weighted by molar-refractivity contribution is 5.80. The molecule has 0 amide bonds. The van der Waals surface area contributed by atoms with E-state index in [9.17, 15) is 0 Å². The van der Waals surface area contributed by atoms with Crippen LogP contribution in [0.2, 0.25) is 0 Å². The monoisotopic (exact) mass is 285 g/mol. The van der Waals surface area contributed by atoms with E-state index >= 15 is 0 Å². The molecule has 110 valence electrons. The van der Waals surface area contributed by atoms with E-state index in [1.54, 1.807) is 13.3 Å². The van der Waals surface area contributed by atoms with E-state index in [2.05, 4.69) is 5.16 Å². The summed E-state index contributed by atoms with van der Waals surface area (Å²) in [4.78, 5) is 5.27. The van der Waals surface area contributed by atoms with E-state index in [-0.39, 0.29) is 0 Å². The Morgan fingerprint density at radius 2 is 1.86 bits per heavy atom. The molecule has 21 heavy (non-hydrogen) atoms. The summed E-state index contributed by atoms with van der Waals surface area (Å²) < 4.78 is 10.8. The van der Waals surface area contributed by atoms with Gasteiger partial charge < -0.3 is 14.3 Å². The molecule has 0 N–H and O–H groups in total. The molecule has 2 aromatic rings. The van der Waals surface area contributed by atoms with Gasteiger partial charge in [-0.05, 0) is 30.7 Å². The number of oxime groups is 1. The van der Waals surface area contributed by atoms with E-state index in [1.807, 2.05) is 55.5 Å². The average molecular weight is 285 g/mol. The maximum absolute atomic E-state index is 5.47. The SMILES string of the molecule is CCOc1ccc(/C=N/OCc2ccccc2)cc1OC. The Balaban J connectivity index is 1.94. The van der Waals surface area contributed by atoms with Gasteiger partial charge in [0.1, 0.15) is 6.61 Å². The summed E-state index contributed by atoms with van der Waals surface area (Å²) in [5.41, 5.74) is 1.97. The molecule has 0 aliphatic carbocycles. The summed E-state index contributed by atoms with van der Waals surface area (Å²) in [6.07, 6.45) is 1.65. The van der Waals surface area contributed by atoms with Gasteiger partial charge in [0.15, 0.2) is 11.5 Å². The van der Waals surface area contributed by atoms with Crippen LogP contribution in [-0.2, 0) is 11.4 Å². The summed E-state index contributed by atoms with van der Waals surface area (Å²) in [5, 5.41) is 3.97. The minimum atomic E-state index is 0.450. The van der Waals surface area contributed by atoms with Crippen molar-refractivity contribution in [1.29, 1.82) is 0 Å². The van der Waals surface area contributed by atoms with Gasteiger partial charge in [0, 0.05) is 5.56 Å². The standard InChI is InChI=1S/C17H19NO3/c1-3-20-16-10-9-15(11-17(16)19-2)12-18-21-13-14-7-5-4-6-8-14/h4-12H,3,13H2,1-2H3/b18-12+. The second kappa shape index (κ2) is 7.94. The van der Waals surface area contributed by atoms with Gasteiger partial charge in [-0.1, -0.05) is 35.5 Å². The second-order valence-corrected chi connectivity index (χ2v) is 4.34. The third kappa shape index (κ3) is 4.53. The third-order valence-corrected chi connectivity index (χ3v) is 2.84. The maximum Gasteiger partial charge on any atom is 0.161 e. The van der Waals surface area contributed by atoms with Crippen LogP contribution in [0, 0.1) is 0 Å². The first kappa shape index (κ1) is 14.9. The molecule has 2 aromatic carbocycles. The van der Waals surface area contributed by atoms with Crippen LogP contribution in [0.3, 0.4) is 0 Å². The molecule has 0 saturated heterocycles. The maximum atomic E-state index is 5.47. The molecule has 0 spiro atoms. The Morgan fingerprint density at radius 3 is 2.57 bits per heavy atom. The average Bonchev–Trinajstić information content (AvgIpc) is 2.54. The van der Waals surface area contributed by atoms with Crippen molar-refractivity contribution in [3.8, 4) is 11.5 Å². The number of nitrogens with zero attached hydrogens (tertiary/aromatic N) is 1. The van der Waals surface area contributed by atoms with Gasteiger partial charge in [0.05, 0.1) is 19.9 Å². The Kier molecular flexibility index (Phi) is 5.64. The van der Waals surface area contributed by atoms with Gasteiger partial charge in [-0.15, -0.1) is 0 Å². The van der Waals surface area contributed by atoms with Crippen LogP contribution in [0.4, 0.5) is 0 Å². The Bertz CT molecular complexity index is 582. The van der Waals surface area contributed by atoms with Gasteiger partial charge in [-0.25, -0.2) is 0 Å². The quantitative estimate of drug-likeness (QED) is 0.576. The number of methoxy groups -OCH3 is 1. The second-order valence-electron chi connectivity index (χ2n) is 4.34. The Labute approximate surface area is 125 Å². The largest absolute Gasteiger partial charge is 0.493 e. The molecule has 0 aliphatic heterocycles. The van der Waals surface area contributed by atoms with Gasteiger partial charge >= 0.3 is 0 Å². The summed E-state index contributed by atoms with van der Waals surface area (Å²) >= 11 is 0. The highest BCUT2D eigenvalue weighted by atomic mass is 16.6. The molecule has 4 nitrogen and oxygen atoms in total. The third-order valence-electron chi connectivity index (χ3n) is 2.84. The first-order chi connectivity index (χ1) is 10.3. The zero-order valence-corrected chi connectivity index (χ0v) is 12.3. The molecule has 0 unspecified atom stereocenters. The molecule has 0 saturated carbocycles. The van der Waals surface area contributed by atoms with E-state index in [4.69, 9.17) is 14.3 Å². The number of rotatable bonds is 7. The first-order valence-electron chi connectivity index (χ1n) is 6.83. The van der Waals surface area contributed by atoms with Crippen LogP contribution in [0.1, 0.15) is 18.1 Å². The summed E-state index contributed by atoms with van der Waals surface area (Å²) in [7, 11) is 1.62. The lowest BCUT2D eigenvalue weighted by molar-refractivity contribution is 0.132. The highest BCUT2D eigenvalue weighted by Crippen LogP contribution is 2.27. The Hall–Kier alpha value is -2.49. The molecule has 0 bridgehead atoms. The normalized spacial score (nSPS) is 10.6. The summed E-state index contributed by atoms with van der Waals surface area (Å²) in [5.74, 6) is 1.41. The molecule has 0 radical (unpaired) electrons. The smallest absolute Gasteiger partial charge is 0.161 e. The van der Waals surface area contributed by atoms with Crippen LogP contribution in [0.15, 0.2) is 53.7 Å². The topological polar surface area (TPSA) is 40.0 Å². The van der Waals surface area contributed by atoms with Crippen LogP contribution < -0.4 is 9.47 Å². The van der Waals surface area contributed by atoms with Crippen LogP contribution in [0.5, 0.6) is 11.5 Å². The van der Waals surface area contributed by atoms with Gasteiger partial charge in [0.25, 0.3) is 0 Å². The molecular weight excluding hydrogens is 266 g/mol. The van der Waals surface area contributed by atoms with E-state index in [0.717, 1.165) is 16.9 Å². The van der Waals surface area contributed by atoms with E-state index < -0.39 is 0 Å². The van der Waals surface area contributed by atoms with Crippen LogP contribution in [0.25, 0.3) is 0 Å². The fourth-order valence-electron chi connectivity index (χ4n) is 1.82. The molecule has 0 aromatic heterocycles. The highest BCUT2D eigenvalue weighted by Gasteiger charge is 2.03. The van der Waals surface area contributed by atoms with Gasteiger partial charge in [-0.3, -0.25) is 0 Å². The van der Waals surface area contributed by atoms with E-state index in [1.165, 1.54) is 0 Å². The zero-order valence-electron chi connectivity index (χ0n) is 12.3. The minimum Gasteiger partial charge on any atom is -0.493 e. The lowest BCUT2D eigenvalue weighted by Gasteiger charge is -2.09. The van der Waals surface area contributed by atoms with Crippen molar-refractivity contribution in [2.24, 2.45) is 5.16 Å². The summed E-state index contributed by atoms with van der Waals surface area (Å²) in [6.45, 7) is 2.99. The number of hydrogen-bond donors (Lipinski definition) is 0. The fourth-order valence-corrected chi connectivity index (χ4v) is 1.82. The van der Waals surface area contributed by atoms with Gasteiger partial charge in [-0.2, -0.15) is 0 Å². The van der Waals surface area contributed by atoms with Crippen molar-refractivity contribution in [2.75, 3.05) is 13.7 Å². The molecular formula is C17H19NO3. The number of ether oxygens (including phenoxy) is 2. The minimum absolute atomic E-state index is 0.450. The predicted molar refractivity (Wildman–Crippen MR) is 83.0 cm³/mol. The molecule has 0 aliphatic rings. The van der Waals surface area contributed by atoms with Crippen molar-refractivity contribution < 1.29 is 14.3 Å². The van der Waals surface area contributed by atoms with Crippen molar-refractivity contribution in [3.05, 3.63) is 59.7 Å². The lowest BCUT2D eigenvalue weighted by Crippen LogP contribution is -1.96. The Morgan fingerprint density at radius 1 is 1.05 bits per heavy atom. The number of hydrogen-bond acceptors (Lipinski definition) is 4. The van der Waals surface area contributed by atoms with Crippen LogP contribution >= 0.6 is 0 Å². The van der Waals surface area contributed by atoms with Crippen LogP contribution in [-0.4, -0.2) is 19.9 Å². The molecule has 4 heteroatoms. The predicted octanol–water partition coefficient (Wildman–Crippen LogP) is 3.64. The lowest BCUT2D eigenvalue weighted by atomic mass is 10.2. The molecule has 2 rings (SSSR count). The molecule has 0 heterocycles. The summed E-state index contributed by atoms with van der Waals surface area (Å²) in [6, 6.07) is 15.5. The molecule has 0 atom stereocenters. The molecule has 0 fully saturated rings. The first-order valence-corrected chi connectivity index (χ1v) is 6.83. The zero-order chi connectivity index (χ0) is 14.9. The van der Waals surface area contributed by atoms with Crippen molar-refractivity contribution >= 4 is 6.21 Å². The van der Waals surface area contributed by atoms with Gasteiger partial charge in [0.2, 0.25) is 0 Å².